The molecular formula is C12H12ClN3O3. The van der Waals surface area contributed by atoms with E-state index in [4.69, 9.17) is 17.3 Å². The van der Waals surface area contributed by atoms with E-state index < -0.39 is 5.91 Å². The number of benzene rings is 1. The van der Waals surface area contributed by atoms with Crippen molar-refractivity contribution < 1.29 is 14.4 Å². The molecule has 6 nitrogen and oxygen atoms in total. The van der Waals surface area contributed by atoms with E-state index in [0.717, 1.165) is 4.90 Å². The number of carbonyl (C=O) groups is 3. The number of imide groups is 1. The minimum Gasteiger partial charge on any atom is -0.399 e. The van der Waals surface area contributed by atoms with Crippen LogP contribution < -0.4 is 11.1 Å². The third-order valence-corrected chi connectivity index (χ3v) is 3.05. The summed E-state index contributed by atoms with van der Waals surface area (Å²) in [6.07, 6.45) is 0.316. The van der Waals surface area contributed by atoms with Crippen LogP contribution in [0.15, 0.2) is 18.2 Å². The summed E-state index contributed by atoms with van der Waals surface area (Å²) in [5, 5.41) is 2.86. The van der Waals surface area contributed by atoms with E-state index in [0.29, 0.717) is 16.4 Å². The highest BCUT2D eigenvalue weighted by molar-refractivity contribution is 6.33. The Balaban J connectivity index is 2.03. The largest absolute Gasteiger partial charge is 0.399 e. The lowest BCUT2D eigenvalue weighted by Crippen LogP contribution is -2.36. The average molecular weight is 282 g/mol. The molecule has 1 heterocycles. The standard InChI is InChI=1S/C12H12ClN3O3/c13-8-2-1-7(14)5-9(8)15-10(17)6-16-11(18)3-4-12(16)19/h1-2,5H,3-4,6,14H2,(H,15,17). The summed E-state index contributed by atoms with van der Waals surface area (Å²) in [5.74, 6) is -1.16. The van der Waals surface area contributed by atoms with Gasteiger partial charge in [0, 0.05) is 18.5 Å². The molecule has 100 valence electrons. The van der Waals surface area contributed by atoms with Crippen LogP contribution in [0.4, 0.5) is 11.4 Å². The SMILES string of the molecule is Nc1ccc(Cl)c(NC(=O)CN2C(=O)CCC2=O)c1. The predicted octanol–water partition coefficient (Wildman–Crippen LogP) is 1.01. The van der Waals surface area contributed by atoms with E-state index in [9.17, 15) is 14.4 Å². The van der Waals surface area contributed by atoms with E-state index in [-0.39, 0.29) is 31.2 Å². The Kier molecular flexibility index (Phi) is 3.71. The van der Waals surface area contributed by atoms with Crippen molar-refractivity contribution in [3.63, 3.8) is 0 Å². The summed E-state index contributed by atoms with van der Waals surface area (Å²) < 4.78 is 0. The molecule has 0 spiro atoms. The fourth-order valence-corrected chi connectivity index (χ4v) is 1.94. The third kappa shape index (κ3) is 3.03. The number of nitrogen functional groups attached to an aromatic ring is 1. The van der Waals surface area contributed by atoms with Gasteiger partial charge < -0.3 is 11.1 Å². The summed E-state index contributed by atoms with van der Waals surface area (Å²) in [4.78, 5) is 35.5. The van der Waals surface area contributed by atoms with Gasteiger partial charge in [-0.25, -0.2) is 0 Å². The zero-order valence-corrected chi connectivity index (χ0v) is 10.7. The number of hydrogen-bond acceptors (Lipinski definition) is 4. The summed E-state index contributed by atoms with van der Waals surface area (Å²) in [6, 6.07) is 4.66. The van der Waals surface area contributed by atoms with Gasteiger partial charge in [0.25, 0.3) is 0 Å². The molecule has 0 saturated carbocycles. The highest BCUT2D eigenvalue weighted by Crippen LogP contribution is 2.24. The van der Waals surface area contributed by atoms with Crippen molar-refractivity contribution in [3.05, 3.63) is 23.2 Å². The minimum atomic E-state index is -0.490. The zero-order valence-electron chi connectivity index (χ0n) is 9.98. The number of carbonyl (C=O) groups excluding carboxylic acids is 3. The lowest BCUT2D eigenvalue weighted by Gasteiger charge is -2.14. The first-order chi connectivity index (χ1) is 8.97. The van der Waals surface area contributed by atoms with Gasteiger partial charge >= 0.3 is 0 Å². The Morgan fingerprint density at radius 1 is 1.32 bits per heavy atom. The number of nitrogens with one attached hydrogen (secondary N) is 1. The minimum absolute atomic E-state index is 0.158. The first-order valence-corrected chi connectivity index (χ1v) is 6.03. The van der Waals surface area contributed by atoms with Crippen molar-refractivity contribution in [2.75, 3.05) is 17.6 Å². The van der Waals surface area contributed by atoms with E-state index in [1.165, 1.54) is 6.07 Å². The highest BCUT2D eigenvalue weighted by Gasteiger charge is 2.30. The van der Waals surface area contributed by atoms with Gasteiger partial charge in [0.1, 0.15) is 6.54 Å². The number of rotatable bonds is 3. The van der Waals surface area contributed by atoms with Crippen LogP contribution in [0.25, 0.3) is 0 Å². The molecule has 0 aromatic heterocycles. The molecule has 0 unspecified atom stereocenters. The number of halogens is 1. The van der Waals surface area contributed by atoms with Crippen molar-refractivity contribution >= 4 is 40.7 Å². The predicted molar refractivity (Wildman–Crippen MR) is 70.4 cm³/mol. The molecule has 3 N–H and O–H groups in total. The second-order valence-corrected chi connectivity index (χ2v) is 4.57. The van der Waals surface area contributed by atoms with Crippen molar-refractivity contribution in [3.8, 4) is 0 Å². The quantitative estimate of drug-likeness (QED) is 0.639. The van der Waals surface area contributed by atoms with Crippen LogP contribution in [-0.2, 0) is 14.4 Å². The molecule has 3 amide bonds. The van der Waals surface area contributed by atoms with E-state index >= 15 is 0 Å². The highest BCUT2D eigenvalue weighted by atomic mass is 35.5. The van der Waals surface area contributed by atoms with Crippen molar-refractivity contribution in [2.24, 2.45) is 0 Å². The second-order valence-electron chi connectivity index (χ2n) is 4.16. The summed E-state index contributed by atoms with van der Waals surface area (Å²) in [5.41, 5.74) is 6.39. The van der Waals surface area contributed by atoms with Crippen LogP contribution in [0.5, 0.6) is 0 Å². The molecule has 1 fully saturated rings. The summed E-state index contributed by atoms with van der Waals surface area (Å²) >= 11 is 5.90. The molecule has 2 rings (SSSR count). The summed E-state index contributed by atoms with van der Waals surface area (Å²) in [7, 11) is 0. The molecule has 0 radical (unpaired) electrons. The number of anilines is 2. The Labute approximate surface area is 114 Å². The molecule has 1 aliphatic heterocycles. The van der Waals surface area contributed by atoms with Gasteiger partial charge in [0.2, 0.25) is 17.7 Å². The Bertz CT molecular complexity index is 543. The molecular weight excluding hydrogens is 270 g/mol. The van der Waals surface area contributed by atoms with Crippen molar-refractivity contribution in [1.82, 2.24) is 4.90 Å². The van der Waals surface area contributed by atoms with Gasteiger partial charge in [0.05, 0.1) is 10.7 Å². The average Bonchev–Trinajstić information content (AvgIpc) is 2.65. The molecule has 19 heavy (non-hydrogen) atoms. The van der Waals surface area contributed by atoms with Crippen LogP contribution in [0, 0.1) is 0 Å². The molecule has 0 bridgehead atoms. The van der Waals surface area contributed by atoms with E-state index in [1.807, 2.05) is 0 Å². The monoisotopic (exact) mass is 281 g/mol. The van der Waals surface area contributed by atoms with Gasteiger partial charge in [-0.1, -0.05) is 11.6 Å². The maximum atomic E-state index is 11.8. The second kappa shape index (κ2) is 5.27. The molecule has 1 aromatic carbocycles. The smallest absolute Gasteiger partial charge is 0.244 e. The Morgan fingerprint density at radius 2 is 1.95 bits per heavy atom. The lowest BCUT2D eigenvalue weighted by atomic mass is 10.3. The Hall–Kier alpha value is -2.08. The van der Waals surface area contributed by atoms with Gasteiger partial charge in [-0.2, -0.15) is 0 Å². The fourth-order valence-electron chi connectivity index (χ4n) is 1.77. The van der Waals surface area contributed by atoms with E-state index in [1.54, 1.807) is 12.1 Å². The number of nitrogens with two attached hydrogens (primary N) is 1. The maximum absolute atomic E-state index is 11.8. The lowest BCUT2D eigenvalue weighted by molar-refractivity contribution is -0.141. The molecule has 1 aromatic rings. The number of hydrogen-bond donors (Lipinski definition) is 2. The van der Waals surface area contributed by atoms with Crippen LogP contribution in [0.1, 0.15) is 12.8 Å². The summed E-state index contributed by atoms with van der Waals surface area (Å²) in [6.45, 7) is -0.303. The van der Waals surface area contributed by atoms with Gasteiger partial charge in [-0.05, 0) is 18.2 Å². The molecule has 0 aliphatic carbocycles. The Morgan fingerprint density at radius 3 is 2.58 bits per heavy atom. The molecule has 7 heteroatoms. The fraction of sp³-hybridized carbons (Fsp3) is 0.250. The van der Waals surface area contributed by atoms with Crippen molar-refractivity contribution in [2.45, 2.75) is 12.8 Å². The van der Waals surface area contributed by atoms with Gasteiger partial charge in [-0.15, -0.1) is 0 Å². The van der Waals surface area contributed by atoms with Gasteiger partial charge in [0.15, 0.2) is 0 Å². The first kappa shape index (κ1) is 13.4. The van der Waals surface area contributed by atoms with Crippen molar-refractivity contribution in [1.29, 1.82) is 0 Å². The molecule has 0 atom stereocenters. The van der Waals surface area contributed by atoms with Gasteiger partial charge in [-0.3, -0.25) is 19.3 Å². The van der Waals surface area contributed by atoms with Crippen LogP contribution in [0.3, 0.4) is 0 Å². The third-order valence-electron chi connectivity index (χ3n) is 2.72. The molecule has 1 aliphatic rings. The number of likely N-dealkylation sites (tertiary alicyclic amines) is 1. The maximum Gasteiger partial charge on any atom is 0.244 e. The first-order valence-electron chi connectivity index (χ1n) is 5.65. The topological polar surface area (TPSA) is 92.5 Å². The number of amides is 3. The number of nitrogens with zero attached hydrogens (tertiary/aromatic N) is 1. The van der Waals surface area contributed by atoms with Crippen LogP contribution in [-0.4, -0.2) is 29.2 Å². The molecule has 1 saturated heterocycles. The van der Waals surface area contributed by atoms with Crippen LogP contribution >= 0.6 is 11.6 Å². The van der Waals surface area contributed by atoms with Crippen LogP contribution in [0.2, 0.25) is 5.02 Å². The van der Waals surface area contributed by atoms with E-state index in [2.05, 4.69) is 5.32 Å². The normalized spacial score (nSPS) is 14.9. The zero-order chi connectivity index (χ0) is 14.0.